The Morgan fingerprint density at radius 1 is 1.10 bits per heavy atom. The van der Waals surface area contributed by atoms with E-state index in [1.54, 1.807) is 24.3 Å². The zero-order chi connectivity index (χ0) is 22.4. The molecule has 3 aromatic rings. The lowest BCUT2D eigenvalue weighted by Crippen LogP contribution is -2.34. The van der Waals surface area contributed by atoms with Gasteiger partial charge in [-0.1, -0.05) is 19.1 Å². The molecule has 162 valence electrons. The Hall–Kier alpha value is -3.19. The van der Waals surface area contributed by atoms with Gasteiger partial charge < -0.3 is 10.1 Å². The van der Waals surface area contributed by atoms with Crippen LogP contribution in [0.15, 0.2) is 48.5 Å². The van der Waals surface area contributed by atoms with Crippen molar-refractivity contribution in [3.63, 3.8) is 0 Å². The van der Waals surface area contributed by atoms with E-state index < -0.39 is 0 Å². The van der Waals surface area contributed by atoms with Crippen molar-refractivity contribution in [3.8, 4) is 5.75 Å². The van der Waals surface area contributed by atoms with Gasteiger partial charge in [0.15, 0.2) is 5.11 Å². The first-order valence-electron chi connectivity index (χ1n) is 10.3. The van der Waals surface area contributed by atoms with Crippen LogP contribution in [0.1, 0.15) is 46.2 Å². The van der Waals surface area contributed by atoms with Crippen LogP contribution < -0.4 is 15.4 Å². The molecule has 0 fully saturated rings. The molecule has 1 aromatic heterocycles. The van der Waals surface area contributed by atoms with E-state index in [2.05, 4.69) is 22.7 Å². The molecule has 0 bridgehead atoms. The van der Waals surface area contributed by atoms with E-state index in [4.69, 9.17) is 17.0 Å². The first-order valence-corrected chi connectivity index (χ1v) is 10.7. The lowest BCUT2D eigenvalue weighted by Gasteiger charge is -2.11. The quantitative estimate of drug-likeness (QED) is 0.532. The summed E-state index contributed by atoms with van der Waals surface area (Å²) in [6, 6.07) is 15.0. The molecule has 3 rings (SSSR count). The Labute approximate surface area is 188 Å². The molecule has 0 unspecified atom stereocenters. The number of hydrogen-bond acceptors (Lipinski definition) is 4. The van der Waals surface area contributed by atoms with Crippen molar-refractivity contribution in [2.24, 2.45) is 7.05 Å². The fourth-order valence-electron chi connectivity index (χ4n) is 3.24. The van der Waals surface area contributed by atoms with Crippen LogP contribution in [0, 0.1) is 13.8 Å². The molecule has 1 heterocycles. The zero-order valence-electron chi connectivity index (χ0n) is 18.4. The molecule has 7 heteroatoms. The Kier molecular flexibility index (Phi) is 7.41. The molecule has 0 radical (unpaired) electrons. The van der Waals surface area contributed by atoms with Gasteiger partial charge in [-0.2, -0.15) is 5.10 Å². The number of anilines is 1. The maximum absolute atomic E-state index is 12.4. The third kappa shape index (κ3) is 5.92. The van der Waals surface area contributed by atoms with Gasteiger partial charge in [0.2, 0.25) is 0 Å². The summed E-state index contributed by atoms with van der Waals surface area (Å²) >= 11 is 5.29. The Bertz CT molecular complexity index is 1060. The van der Waals surface area contributed by atoms with Crippen LogP contribution in [-0.4, -0.2) is 27.4 Å². The van der Waals surface area contributed by atoms with Gasteiger partial charge in [-0.3, -0.25) is 14.8 Å². The van der Waals surface area contributed by atoms with Gasteiger partial charge in [0.25, 0.3) is 5.91 Å². The normalized spacial score (nSPS) is 10.6. The van der Waals surface area contributed by atoms with Crippen molar-refractivity contribution in [1.29, 1.82) is 0 Å². The largest absolute Gasteiger partial charge is 0.494 e. The second kappa shape index (κ2) is 10.2. The van der Waals surface area contributed by atoms with Gasteiger partial charge in [0.05, 0.1) is 12.3 Å². The van der Waals surface area contributed by atoms with Crippen LogP contribution in [0.3, 0.4) is 0 Å². The minimum atomic E-state index is -0.265. The standard InChI is InChI=1S/C24H28N4O2S/c1-5-14-30-21-12-8-19(9-13-21)23(29)26-24(31)25-20-10-6-18(7-11-20)15-22-16(2)27-28(4)17(22)3/h6-13H,5,14-15H2,1-4H3,(H2,25,26,29,31). The van der Waals surface area contributed by atoms with Gasteiger partial charge in [-0.05, 0) is 74.4 Å². The lowest BCUT2D eigenvalue weighted by molar-refractivity contribution is 0.0977. The monoisotopic (exact) mass is 436 g/mol. The topological polar surface area (TPSA) is 68.2 Å². The van der Waals surface area contributed by atoms with Gasteiger partial charge in [0, 0.05) is 36.0 Å². The number of amides is 1. The zero-order valence-corrected chi connectivity index (χ0v) is 19.2. The average Bonchev–Trinajstić information content (AvgIpc) is 2.99. The van der Waals surface area contributed by atoms with Crippen molar-refractivity contribution in [2.75, 3.05) is 11.9 Å². The Morgan fingerprint density at radius 2 is 1.77 bits per heavy atom. The maximum atomic E-state index is 12.4. The van der Waals surface area contributed by atoms with E-state index >= 15 is 0 Å². The van der Waals surface area contributed by atoms with Crippen LogP contribution in [0.2, 0.25) is 0 Å². The number of aromatic nitrogens is 2. The van der Waals surface area contributed by atoms with Crippen molar-refractivity contribution >= 4 is 28.9 Å². The van der Waals surface area contributed by atoms with Crippen molar-refractivity contribution < 1.29 is 9.53 Å². The predicted molar refractivity (Wildman–Crippen MR) is 128 cm³/mol. The molecule has 1 amide bonds. The van der Waals surface area contributed by atoms with E-state index in [9.17, 15) is 4.79 Å². The first kappa shape index (κ1) is 22.5. The number of carbonyl (C=O) groups is 1. The number of nitrogens with one attached hydrogen (secondary N) is 2. The van der Waals surface area contributed by atoms with Gasteiger partial charge in [-0.15, -0.1) is 0 Å². The van der Waals surface area contributed by atoms with E-state index in [0.717, 1.165) is 30.0 Å². The Balaban J connectivity index is 1.55. The highest BCUT2D eigenvalue weighted by Crippen LogP contribution is 2.19. The highest BCUT2D eigenvalue weighted by molar-refractivity contribution is 7.80. The Morgan fingerprint density at radius 3 is 2.35 bits per heavy atom. The van der Waals surface area contributed by atoms with E-state index in [1.807, 2.05) is 49.8 Å². The molecule has 0 saturated carbocycles. The first-order chi connectivity index (χ1) is 14.9. The summed E-state index contributed by atoms with van der Waals surface area (Å²) in [7, 11) is 1.96. The van der Waals surface area contributed by atoms with E-state index in [1.165, 1.54) is 16.8 Å². The van der Waals surface area contributed by atoms with Crippen molar-refractivity contribution in [2.45, 2.75) is 33.6 Å². The minimum absolute atomic E-state index is 0.253. The van der Waals surface area contributed by atoms with Gasteiger partial charge in [0.1, 0.15) is 5.75 Å². The third-order valence-corrected chi connectivity index (χ3v) is 5.27. The molecule has 31 heavy (non-hydrogen) atoms. The highest BCUT2D eigenvalue weighted by Gasteiger charge is 2.11. The maximum Gasteiger partial charge on any atom is 0.257 e. The predicted octanol–water partition coefficient (Wildman–Crippen LogP) is 4.54. The summed E-state index contributed by atoms with van der Waals surface area (Å²) in [5, 5.41) is 10.5. The number of aryl methyl sites for hydroxylation is 2. The number of hydrogen-bond donors (Lipinski definition) is 2. The number of ether oxygens (including phenoxy) is 1. The molecule has 6 nitrogen and oxygen atoms in total. The molecule has 0 spiro atoms. The number of thiocarbonyl (C=S) groups is 1. The summed E-state index contributed by atoms with van der Waals surface area (Å²) in [5.41, 5.74) is 5.99. The molecule has 2 N–H and O–H groups in total. The van der Waals surface area contributed by atoms with Gasteiger partial charge in [-0.25, -0.2) is 0 Å². The highest BCUT2D eigenvalue weighted by atomic mass is 32.1. The smallest absolute Gasteiger partial charge is 0.257 e. The summed E-state index contributed by atoms with van der Waals surface area (Å²) < 4.78 is 7.45. The molecule has 0 saturated heterocycles. The molecular formula is C24H28N4O2S. The average molecular weight is 437 g/mol. The summed E-state index contributed by atoms with van der Waals surface area (Å²) in [4.78, 5) is 12.4. The molecule has 0 aliphatic carbocycles. The SMILES string of the molecule is CCCOc1ccc(C(=O)NC(=S)Nc2ccc(Cc3c(C)nn(C)c3C)cc2)cc1. The minimum Gasteiger partial charge on any atom is -0.494 e. The van der Waals surface area contributed by atoms with Crippen molar-refractivity contribution in [1.82, 2.24) is 15.1 Å². The van der Waals surface area contributed by atoms with E-state index in [-0.39, 0.29) is 11.0 Å². The number of rotatable bonds is 7. The molecular weight excluding hydrogens is 408 g/mol. The number of nitrogens with zero attached hydrogens (tertiary/aromatic N) is 2. The third-order valence-electron chi connectivity index (χ3n) is 5.07. The molecule has 0 aliphatic heterocycles. The fourth-order valence-corrected chi connectivity index (χ4v) is 3.45. The second-order valence-corrected chi connectivity index (χ2v) is 7.84. The molecule has 0 atom stereocenters. The molecule has 0 aliphatic rings. The van der Waals surface area contributed by atoms with Crippen LogP contribution in [0.5, 0.6) is 5.75 Å². The second-order valence-electron chi connectivity index (χ2n) is 7.43. The van der Waals surface area contributed by atoms with E-state index in [0.29, 0.717) is 12.2 Å². The number of benzene rings is 2. The van der Waals surface area contributed by atoms with Crippen molar-refractivity contribution in [3.05, 3.63) is 76.6 Å². The summed E-state index contributed by atoms with van der Waals surface area (Å²) in [6.45, 7) is 6.81. The van der Waals surface area contributed by atoms with Crippen LogP contribution >= 0.6 is 12.2 Å². The van der Waals surface area contributed by atoms with Crippen LogP contribution in [-0.2, 0) is 13.5 Å². The number of carbonyl (C=O) groups excluding carboxylic acids is 1. The van der Waals surface area contributed by atoms with Crippen LogP contribution in [0.4, 0.5) is 5.69 Å². The summed E-state index contributed by atoms with van der Waals surface area (Å²) in [5.74, 6) is 0.481. The van der Waals surface area contributed by atoms with Crippen LogP contribution in [0.25, 0.3) is 0 Å². The lowest BCUT2D eigenvalue weighted by atomic mass is 10.0. The van der Waals surface area contributed by atoms with Gasteiger partial charge >= 0.3 is 0 Å². The fraction of sp³-hybridized carbons (Fsp3) is 0.292. The molecule has 2 aromatic carbocycles. The summed E-state index contributed by atoms with van der Waals surface area (Å²) in [6.07, 6.45) is 1.76.